The lowest BCUT2D eigenvalue weighted by molar-refractivity contribution is -0.116. The van der Waals surface area contributed by atoms with E-state index in [0.29, 0.717) is 0 Å². The van der Waals surface area contributed by atoms with Crippen molar-refractivity contribution in [2.75, 3.05) is 5.32 Å². The molecule has 0 aliphatic carbocycles. The lowest BCUT2D eigenvalue weighted by Gasteiger charge is -2.10. The monoisotopic (exact) mass is 396 g/mol. The molecule has 27 heavy (non-hydrogen) atoms. The maximum absolute atomic E-state index is 12.4. The van der Waals surface area contributed by atoms with Gasteiger partial charge in [0.2, 0.25) is 5.91 Å². The van der Waals surface area contributed by atoms with E-state index in [0.717, 1.165) is 36.5 Å². The van der Waals surface area contributed by atoms with Crippen LogP contribution in [0.2, 0.25) is 0 Å². The minimum Gasteiger partial charge on any atom is -0.324 e. The van der Waals surface area contributed by atoms with Crippen LogP contribution in [0.5, 0.6) is 0 Å². The molecule has 1 N–H and O–H groups in total. The van der Waals surface area contributed by atoms with Gasteiger partial charge in [0.25, 0.3) is 0 Å². The first kappa shape index (κ1) is 17.6. The zero-order valence-electron chi connectivity index (χ0n) is 14.7. The molecule has 0 bridgehead atoms. The van der Waals surface area contributed by atoms with Gasteiger partial charge < -0.3 is 5.32 Å². The summed E-state index contributed by atoms with van der Waals surface area (Å²) in [6.45, 7) is 4.04. The molecule has 0 spiro atoms. The number of carbonyl (C=O) groups excluding carboxylic acids is 1. The molecule has 7 nitrogen and oxygen atoms in total. The van der Waals surface area contributed by atoms with Crippen LogP contribution in [0, 0.1) is 13.8 Å². The largest absolute Gasteiger partial charge is 0.324 e. The highest BCUT2D eigenvalue weighted by molar-refractivity contribution is 8.01. The predicted molar refractivity (Wildman–Crippen MR) is 106 cm³/mol. The number of nitrogens with zero attached hydrogens (tertiary/aromatic N) is 5. The summed E-state index contributed by atoms with van der Waals surface area (Å²) >= 11 is 3.13. The number of nitrogens with one attached hydrogen (secondary N) is 1. The first-order valence-corrected chi connectivity index (χ1v) is 9.87. The van der Waals surface area contributed by atoms with Gasteiger partial charge in [0, 0.05) is 16.8 Å². The van der Waals surface area contributed by atoms with Crippen LogP contribution in [0.15, 0.2) is 52.0 Å². The second kappa shape index (κ2) is 7.45. The Hall–Kier alpha value is -2.78. The third-order valence-corrected chi connectivity index (χ3v) is 5.77. The van der Waals surface area contributed by atoms with E-state index in [2.05, 4.69) is 25.6 Å². The number of fused-ring (bicyclic) bond motifs is 1. The first-order valence-electron chi connectivity index (χ1n) is 8.23. The van der Waals surface area contributed by atoms with E-state index in [1.54, 1.807) is 40.2 Å². The van der Waals surface area contributed by atoms with Crippen molar-refractivity contribution < 1.29 is 4.79 Å². The van der Waals surface area contributed by atoms with E-state index in [1.165, 1.54) is 0 Å². The molecule has 3 heterocycles. The third kappa shape index (κ3) is 3.99. The fourth-order valence-electron chi connectivity index (χ4n) is 2.63. The summed E-state index contributed by atoms with van der Waals surface area (Å²) in [4.78, 5) is 17.7. The maximum Gasteiger partial charge on any atom is 0.246 e. The number of amides is 1. The van der Waals surface area contributed by atoms with Gasteiger partial charge in [0.1, 0.15) is 17.1 Å². The van der Waals surface area contributed by atoms with Gasteiger partial charge in [-0.2, -0.15) is 5.10 Å². The maximum atomic E-state index is 12.4. The zero-order chi connectivity index (χ0) is 18.8. The van der Waals surface area contributed by atoms with Crippen molar-refractivity contribution in [1.82, 2.24) is 25.0 Å². The number of anilines is 1. The molecule has 0 radical (unpaired) electrons. The van der Waals surface area contributed by atoms with Crippen LogP contribution in [-0.4, -0.2) is 30.9 Å². The quantitative estimate of drug-likeness (QED) is 0.554. The molecule has 0 unspecified atom stereocenters. The molecular weight excluding hydrogens is 380 g/mol. The van der Waals surface area contributed by atoms with Gasteiger partial charge in [-0.1, -0.05) is 23.1 Å². The van der Waals surface area contributed by atoms with E-state index in [4.69, 9.17) is 0 Å². The summed E-state index contributed by atoms with van der Waals surface area (Å²) in [5.41, 5.74) is 3.38. The van der Waals surface area contributed by atoms with Gasteiger partial charge in [-0.05, 0) is 49.7 Å². The topological polar surface area (TPSA) is 85.6 Å². The lowest BCUT2D eigenvalue weighted by atomic mass is 10.2. The standard InChI is InChI=1S/C18H16N6OS2/c1-11-8-13(27-18-23-22-12(2)26-18)5-6-14(11)21-17(25)10-24-16-4-3-7-19-15(16)9-20-24/h3-9H,10H2,1-2H3,(H,21,25). The summed E-state index contributed by atoms with van der Waals surface area (Å²) in [6.07, 6.45) is 3.37. The van der Waals surface area contributed by atoms with Crippen LogP contribution >= 0.6 is 23.1 Å². The fourth-order valence-corrected chi connectivity index (χ4v) is 4.51. The van der Waals surface area contributed by atoms with E-state index in [9.17, 15) is 4.79 Å². The normalized spacial score (nSPS) is 11.0. The van der Waals surface area contributed by atoms with Gasteiger partial charge in [0.05, 0.1) is 11.7 Å². The van der Waals surface area contributed by atoms with Crippen LogP contribution in [0.25, 0.3) is 11.0 Å². The predicted octanol–water partition coefficient (Wildman–Crippen LogP) is 3.69. The molecule has 136 valence electrons. The van der Waals surface area contributed by atoms with Crippen LogP contribution < -0.4 is 5.32 Å². The van der Waals surface area contributed by atoms with Crippen molar-refractivity contribution in [3.63, 3.8) is 0 Å². The van der Waals surface area contributed by atoms with Gasteiger partial charge in [0.15, 0.2) is 4.34 Å². The zero-order valence-corrected chi connectivity index (χ0v) is 16.3. The third-order valence-electron chi connectivity index (χ3n) is 3.89. The Kier molecular flexibility index (Phi) is 4.87. The van der Waals surface area contributed by atoms with E-state index >= 15 is 0 Å². The van der Waals surface area contributed by atoms with Gasteiger partial charge in [-0.3, -0.25) is 14.5 Å². The first-order chi connectivity index (χ1) is 13.1. The highest BCUT2D eigenvalue weighted by Gasteiger charge is 2.11. The summed E-state index contributed by atoms with van der Waals surface area (Å²) < 4.78 is 2.55. The Morgan fingerprint density at radius 3 is 2.93 bits per heavy atom. The highest BCUT2D eigenvalue weighted by Crippen LogP contribution is 2.32. The molecule has 9 heteroatoms. The van der Waals surface area contributed by atoms with Gasteiger partial charge in [-0.15, -0.1) is 10.2 Å². The van der Waals surface area contributed by atoms with Crippen LogP contribution in [0.1, 0.15) is 10.6 Å². The molecule has 0 saturated carbocycles. The average molecular weight is 397 g/mol. The van der Waals surface area contributed by atoms with Gasteiger partial charge >= 0.3 is 0 Å². The number of aromatic nitrogens is 5. The van der Waals surface area contributed by atoms with Gasteiger partial charge in [-0.25, -0.2) is 0 Å². The van der Waals surface area contributed by atoms with Crippen LogP contribution in [0.4, 0.5) is 5.69 Å². The molecular formula is C18H16N6OS2. The molecule has 4 rings (SSSR count). The van der Waals surface area contributed by atoms with Crippen LogP contribution in [-0.2, 0) is 11.3 Å². The smallest absolute Gasteiger partial charge is 0.246 e. The molecule has 0 fully saturated rings. The summed E-state index contributed by atoms with van der Waals surface area (Å²) in [5, 5.41) is 16.3. The van der Waals surface area contributed by atoms with E-state index < -0.39 is 0 Å². The number of rotatable bonds is 5. The van der Waals surface area contributed by atoms with E-state index in [-0.39, 0.29) is 12.5 Å². The number of pyridine rings is 1. The Morgan fingerprint density at radius 1 is 1.26 bits per heavy atom. The highest BCUT2D eigenvalue weighted by atomic mass is 32.2. The molecule has 0 aliphatic heterocycles. The van der Waals surface area contributed by atoms with Crippen molar-refractivity contribution in [2.45, 2.75) is 29.6 Å². The summed E-state index contributed by atoms with van der Waals surface area (Å²) in [7, 11) is 0. The molecule has 1 amide bonds. The van der Waals surface area contributed by atoms with Crippen molar-refractivity contribution in [3.8, 4) is 0 Å². The molecule has 4 aromatic rings. The molecule has 0 atom stereocenters. The lowest BCUT2D eigenvalue weighted by Crippen LogP contribution is -2.19. The Balaban J connectivity index is 1.45. The minimum atomic E-state index is -0.132. The number of carbonyl (C=O) groups is 1. The number of hydrogen-bond acceptors (Lipinski definition) is 7. The average Bonchev–Trinajstić information content (AvgIpc) is 3.24. The van der Waals surface area contributed by atoms with Crippen LogP contribution in [0.3, 0.4) is 0 Å². The molecule has 0 aliphatic rings. The number of benzene rings is 1. The fraction of sp³-hybridized carbons (Fsp3) is 0.167. The molecule has 0 saturated heterocycles. The van der Waals surface area contributed by atoms with Crippen molar-refractivity contribution in [1.29, 1.82) is 0 Å². The second-order valence-corrected chi connectivity index (χ2v) is 8.43. The second-order valence-electron chi connectivity index (χ2n) is 5.92. The van der Waals surface area contributed by atoms with Crippen molar-refractivity contribution in [3.05, 3.63) is 53.3 Å². The van der Waals surface area contributed by atoms with Crippen molar-refractivity contribution in [2.24, 2.45) is 0 Å². The molecule has 1 aromatic carbocycles. The number of hydrogen-bond donors (Lipinski definition) is 1. The summed E-state index contributed by atoms with van der Waals surface area (Å²) in [5.74, 6) is -0.132. The Morgan fingerprint density at radius 2 is 2.15 bits per heavy atom. The van der Waals surface area contributed by atoms with E-state index in [1.807, 2.05) is 44.2 Å². The number of aryl methyl sites for hydroxylation is 2. The SMILES string of the molecule is Cc1nnc(Sc2ccc(NC(=O)Cn3ncc4ncccc43)c(C)c2)s1. The Labute approximate surface area is 163 Å². The minimum absolute atomic E-state index is 0.132. The molecule has 3 aromatic heterocycles. The summed E-state index contributed by atoms with van der Waals surface area (Å²) in [6, 6.07) is 9.64. The Bertz CT molecular complexity index is 1120. The van der Waals surface area contributed by atoms with Crippen molar-refractivity contribution >= 4 is 45.7 Å².